The predicted molar refractivity (Wildman–Crippen MR) is 177 cm³/mol. The van der Waals surface area contributed by atoms with Crippen molar-refractivity contribution in [3.05, 3.63) is 69.7 Å². The summed E-state index contributed by atoms with van der Waals surface area (Å²) >= 11 is 1.22. The van der Waals surface area contributed by atoms with Gasteiger partial charge in [0.15, 0.2) is 29.6 Å². The topological polar surface area (TPSA) is 268 Å². The van der Waals surface area contributed by atoms with Crippen LogP contribution in [0, 0.1) is 12.8 Å². The lowest BCUT2D eigenvalue weighted by molar-refractivity contribution is -0.388. The normalized spacial score (nSPS) is 25.2. The molecule has 18 nitrogen and oxygen atoms in total. The van der Waals surface area contributed by atoms with Gasteiger partial charge in [-0.2, -0.15) is 0 Å². The van der Waals surface area contributed by atoms with Crippen molar-refractivity contribution in [1.82, 2.24) is 15.2 Å². The predicted octanol–water partition coefficient (Wildman–Crippen LogP) is -0.936. The highest BCUT2D eigenvalue weighted by Crippen LogP contribution is 2.41. The Balaban J connectivity index is 1.19. The number of amides is 1. The van der Waals surface area contributed by atoms with E-state index in [9.17, 15) is 40.5 Å². The van der Waals surface area contributed by atoms with Crippen LogP contribution in [-0.2, 0) is 26.6 Å². The first kappa shape index (κ1) is 38.2. The van der Waals surface area contributed by atoms with Crippen LogP contribution in [0.5, 0.6) is 17.2 Å². The lowest BCUT2D eigenvalue weighted by Gasteiger charge is -2.34. The number of hydrogen-bond acceptors (Lipinski definition) is 18. The van der Waals surface area contributed by atoms with E-state index in [4.69, 9.17) is 34.2 Å². The van der Waals surface area contributed by atoms with Gasteiger partial charge in [-0.1, -0.05) is 12.1 Å². The first-order valence-electron chi connectivity index (χ1n) is 16.4. The van der Waals surface area contributed by atoms with E-state index in [1.165, 1.54) is 51.9 Å². The van der Waals surface area contributed by atoms with E-state index in [0.717, 1.165) is 0 Å². The second-order valence-electron chi connectivity index (χ2n) is 13.1. The molecule has 284 valence electrons. The van der Waals surface area contributed by atoms with E-state index in [2.05, 4.69) is 10.3 Å². The lowest BCUT2D eigenvalue weighted by Crippen LogP contribution is -2.55. The number of rotatable bonds is 14. The van der Waals surface area contributed by atoms with Crippen LogP contribution in [-0.4, -0.2) is 114 Å². The van der Waals surface area contributed by atoms with Gasteiger partial charge in [0.05, 0.1) is 17.7 Å². The van der Waals surface area contributed by atoms with Crippen LogP contribution in [0.25, 0.3) is 0 Å². The Bertz CT molecular complexity index is 1720. The minimum absolute atomic E-state index is 0.0233. The maximum Gasteiger partial charge on any atom is 0.439 e. The number of nitrogens with two attached hydrogens (primary N) is 1. The number of aliphatic hydroxyl groups is 7. The molecule has 0 aliphatic carbocycles. The first-order chi connectivity index (χ1) is 24.4. The third kappa shape index (κ3) is 8.47. The highest BCUT2D eigenvalue weighted by Gasteiger charge is 2.58. The van der Waals surface area contributed by atoms with Crippen LogP contribution in [0.2, 0.25) is 0 Å². The van der Waals surface area contributed by atoms with Crippen molar-refractivity contribution < 1.29 is 69.0 Å². The molecule has 0 bridgehead atoms. The standard InChI is InChI=1S/C33H42N4O14S/c1-16(2)37(28(39)19-6-9-24-25(13-19)50-33(34,45)49-24)14-23(38)22(36-30(40)47-27-21-10-11-46-29(21)51-32(27,43)44)12-18-4-7-20(8-5-18)48-31(41,42)26-15-52-17(3)35-26/h4-9,13,15-16,21-23,27,29-30,36,38,40-45H,10-12,14,34H2,1-3H3. The smallest absolute Gasteiger partial charge is 0.435 e. The molecule has 10 N–H and O–H groups in total. The zero-order valence-corrected chi connectivity index (χ0v) is 29.2. The Labute approximate surface area is 301 Å². The maximum atomic E-state index is 13.7. The Morgan fingerprint density at radius 1 is 1.13 bits per heavy atom. The number of thiazole rings is 1. The summed E-state index contributed by atoms with van der Waals surface area (Å²) in [6, 6.07) is 8.89. The fourth-order valence-electron chi connectivity index (χ4n) is 6.21. The number of benzene rings is 2. The van der Waals surface area contributed by atoms with Gasteiger partial charge in [0.25, 0.3) is 5.91 Å². The lowest BCUT2D eigenvalue weighted by atomic mass is 9.99. The monoisotopic (exact) mass is 750 g/mol. The number of aromatic nitrogens is 1. The first-order valence-corrected chi connectivity index (χ1v) is 17.3. The van der Waals surface area contributed by atoms with Crippen LogP contribution >= 0.6 is 11.3 Å². The number of aliphatic hydroxyl groups excluding tert-OH is 2. The number of carbonyl (C=O) groups is 1. The maximum absolute atomic E-state index is 13.7. The third-order valence-corrected chi connectivity index (χ3v) is 9.56. The number of fused-ring (bicyclic) bond motifs is 2. The Kier molecular flexibility index (Phi) is 10.8. The molecular formula is C33H42N4O14S. The zero-order chi connectivity index (χ0) is 37.6. The van der Waals surface area contributed by atoms with Gasteiger partial charge in [-0.3, -0.25) is 14.8 Å². The summed E-state index contributed by atoms with van der Waals surface area (Å²) in [7, 11) is 0. The van der Waals surface area contributed by atoms with Crippen molar-refractivity contribution >= 4 is 17.2 Å². The molecule has 3 aliphatic rings. The molecule has 2 fully saturated rings. The second kappa shape index (κ2) is 14.7. The quantitative estimate of drug-likeness (QED) is 0.0901. The summed E-state index contributed by atoms with van der Waals surface area (Å²) in [6.45, 7) is 5.24. The van der Waals surface area contributed by atoms with Gasteiger partial charge < -0.3 is 64.3 Å². The van der Waals surface area contributed by atoms with Crippen molar-refractivity contribution in [2.45, 2.75) is 88.7 Å². The molecule has 0 spiro atoms. The minimum Gasteiger partial charge on any atom is -0.435 e. The van der Waals surface area contributed by atoms with Crippen molar-refractivity contribution in [2.75, 3.05) is 13.2 Å². The summed E-state index contributed by atoms with van der Waals surface area (Å²) in [5.41, 5.74) is 6.15. The average Bonchev–Trinajstić information content (AvgIpc) is 3.82. The van der Waals surface area contributed by atoms with Crippen LogP contribution in [0.15, 0.2) is 47.8 Å². The highest BCUT2D eigenvalue weighted by atomic mass is 32.1. The number of hydrogen-bond donors (Lipinski definition) is 9. The van der Waals surface area contributed by atoms with E-state index in [-0.39, 0.29) is 41.5 Å². The van der Waals surface area contributed by atoms with Gasteiger partial charge in [0, 0.05) is 35.5 Å². The largest absolute Gasteiger partial charge is 0.439 e. The summed E-state index contributed by atoms with van der Waals surface area (Å²) in [5, 5.41) is 79.1. The van der Waals surface area contributed by atoms with Crippen LogP contribution in [0.3, 0.4) is 0 Å². The molecule has 52 heavy (non-hydrogen) atoms. The number of carbonyl (C=O) groups excluding carboxylic acids is 1. The molecule has 0 radical (unpaired) electrons. The van der Waals surface area contributed by atoms with Gasteiger partial charge in [0.2, 0.25) is 6.41 Å². The molecule has 7 atom stereocenters. The van der Waals surface area contributed by atoms with E-state index in [1.54, 1.807) is 32.9 Å². The van der Waals surface area contributed by atoms with Gasteiger partial charge in [-0.05, 0) is 69.5 Å². The Hall–Kier alpha value is -3.54. The number of ether oxygens (including phenoxy) is 6. The summed E-state index contributed by atoms with van der Waals surface area (Å²) in [5.74, 6) is -6.26. The molecule has 19 heteroatoms. The molecule has 1 amide bonds. The number of aryl methyl sites for hydroxylation is 1. The van der Waals surface area contributed by atoms with Crippen LogP contribution in [0.1, 0.15) is 46.9 Å². The van der Waals surface area contributed by atoms with Crippen molar-refractivity contribution in [1.29, 1.82) is 0 Å². The Morgan fingerprint density at radius 2 is 1.85 bits per heavy atom. The van der Waals surface area contributed by atoms with Gasteiger partial charge in [-0.15, -0.1) is 11.3 Å². The highest BCUT2D eigenvalue weighted by molar-refractivity contribution is 7.09. The van der Waals surface area contributed by atoms with Crippen molar-refractivity contribution in [3.63, 3.8) is 0 Å². The van der Waals surface area contributed by atoms with E-state index >= 15 is 0 Å². The zero-order valence-electron chi connectivity index (χ0n) is 28.4. The summed E-state index contributed by atoms with van der Waals surface area (Å²) < 4.78 is 31.7. The van der Waals surface area contributed by atoms with Crippen molar-refractivity contribution in [2.24, 2.45) is 11.7 Å². The Morgan fingerprint density at radius 3 is 2.52 bits per heavy atom. The summed E-state index contributed by atoms with van der Waals surface area (Å²) in [4.78, 5) is 19.2. The molecule has 3 aliphatic heterocycles. The van der Waals surface area contributed by atoms with Gasteiger partial charge in [0.1, 0.15) is 5.75 Å². The third-order valence-electron chi connectivity index (χ3n) is 8.79. The fourth-order valence-corrected chi connectivity index (χ4v) is 6.85. The molecule has 7 unspecified atom stereocenters. The summed E-state index contributed by atoms with van der Waals surface area (Å²) in [6.07, 6.45) is -7.54. The van der Waals surface area contributed by atoms with E-state index < -0.39 is 66.9 Å². The second-order valence-corrected chi connectivity index (χ2v) is 14.1. The SMILES string of the molecule is Cc1nc(C(O)(O)Oc2ccc(CC(NC(O)OC3C4CCOC4OC3(O)O)C(O)CN(C(=O)c3ccc4c(c3)OC(N)(O)O4)C(C)C)cc2)cs1. The molecule has 0 saturated carbocycles. The van der Waals surface area contributed by atoms with E-state index in [0.29, 0.717) is 23.6 Å². The van der Waals surface area contributed by atoms with Gasteiger partial charge >= 0.3 is 18.0 Å². The molecule has 2 aromatic carbocycles. The number of nitrogens with one attached hydrogen (secondary N) is 1. The molecule has 1 aromatic heterocycles. The average molecular weight is 751 g/mol. The van der Waals surface area contributed by atoms with E-state index in [1.807, 2.05) is 0 Å². The number of nitrogens with zero attached hydrogens (tertiary/aromatic N) is 2. The molecular weight excluding hydrogens is 708 g/mol. The van der Waals surface area contributed by atoms with Crippen LogP contribution in [0.4, 0.5) is 0 Å². The molecule has 2 saturated heterocycles. The molecule has 6 rings (SSSR count). The fraction of sp³-hybridized carbons (Fsp3) is 0.515. The van der Waals surface area contributed by atoms with Gasteiger partial charge in [-0.25, -0.2) is 10.7 Å². The minimum atomic E-state index is -2.75. The molecule has 4 heterocycles. The molecule has 3 aromatic rings. The van der Waals surface area contributed by atoms with Crippen molar-refractivity contribution in [3.8, 4) is 17.2 Å². The van der Waals surface area contributed by atoms with Crippen LogP contribution < -0.4 is 25.3 Å².